The summed E-state index contributed by atoms with van der Waals surface area (Å²) in [7, 11) is 0. The Balaban J connectivity index is 1.66. The molecule has 0 saturated carbocycles. The average Bonchev–Trinajstić information content (AvgIpc) is 2.89. The topological polar surface area (TPSA) is 82.8 Å². The summed E-state index contributed by atoms with van der Waals surface area (Å²) in [6, 6.07) is 3.20. The minimum absolute atomic E-state index is 0.0504. The van der Waals surface area contributed by atoms with Crippen LogP contribution in [0.5, 0.6) is 0 Å². The number of nitrogens with one attached hydrogen (secondary N) is 1. The molecule has 6 heteroatoms. The van der Waals surface area contributed by atoms with Gasteiger partial charge in [0.05, 0.1) is 25.0 Å². The summed E-state index contributed by atoms with van der Waals surface area (Å²) in [5.41, 5.74) is -0.707. The van der Waals surface area contributed by atoms with Crippen LogP contribution in [0.1, 0.15) is 36.7 Å². The molecule has 0 spiro atoms. The van der Waals surface area contributed by atoms with Crippen LogP contribution in [0.25, 0.3) is 0 Å². The first-order valence-electron chi connectivity index (χ1n) is 6.86. The van der Waals surface area contributed by atoms with Gasteiger partial charge in [-0.2, -0.15) is 0 Å². The molecule has 1 aliphatic rings. The van der Waals surface area contributed by atoms with E-state index in [0.29, 0.717) is 19.5 Å². The normalized spacial score (nSPS) is 16.6. The number of likely N-dealkylation sites (tertiary alicyclic amines) is 1. The number of amides is 2. The van der Waals surface area contributed by atoms with E-state index in [1.807, 2.05) is 6.92 Å². The zero-order valence-electron chi connectivity index (χ0n) is 11.6. The number of furan rings is 1. The molecule has 0 aromatic carbocycles. The number of carbonyl (C=O) groups excluding carboxylic acids is 2. The van der Waals surface area contributed by atoms with Crippen LogP contribution >= 0.6 is 0 Å². The van der Waals surface area contributed by atoms with Gasteiger partial charge in [0.1, 0.15) is 0 Å². The molecule has 1 fully saturated rings. The minimum atomic E-state index is -0.707. The molecule has 0 atom stereocenters. The van der Waals surface area contributed by atoms with Gasteiger partial charge in [-0.05, 0) is 18.6 Å². The number of aliphatic hydroxyl groups is 1. The van der Waals surface area contributed by atoms with E-state index in [0.717, 1.165) is 6.42 Å². The van der Waals surface area contributed by atoms with Gasteiger partial charge in [-0.25, -0.2) is 0 Å². The summed E-state index contributed by atoms with van der Waals surface area (Å²) in [6.07, 6.45) is 3.27. The van der Waals surface area contributed by atoms with Crippen molar-refractivity contribution in [2.75, 3.05) is 19.6 Å². The zero-order valence-corrected chi connectivity index (χ0v) is 11.6. The Labute approximate surface area is 117 Å². The molecule has 0 aliphatic carbocycles. The van der Waals surface area contributed by atoms with E-state index in [1.54, 1.807) is 17.0 Å². The van der Waals surface area contributed by atoms with E-state index in [2.05, 4.69) is 5.32 Å². The third-order valence-corrected chi connectivity index (χ3v) is 3.41. The Kier molecular flexibility index (Phi) is 4.44. The summed E-state index contributed by atoms with van der Waals surface area (Å²) in [6.45, 7) is 3.06. The summed E-state index contributed by atoms with van der Waals surface area (Å²) >= 11 is 0. The molecule has 1 aliphatic heterocycles. The number of β-amino-alcohol motifs (C(OH)–C–C–N with tert-alkyl or cyclic N) is 1. The highest BCUT2D eigenvalue weighted by Gasteiger charge is 2.42. The van der Waals surface area contributed by atoms with Crippen LogP contribution in [0, 0.1) is 0 Å². The molecular formula is C14H20N2O4. The summed E-state index contributed by atoms with van der Waals surface area (Å²) in [4.78, 5) is 25.0. The average molecular weight is 280 g/mol. The Hall–Kier alpha value is -1.82. The highest BCUT2D eigenvalue weighted by Crippen LogP contribution is 2.25. The van der Waals surface area contributed by atoms with E-state index in [1.165, 1.54) is 6.26 Å². The van der Waals surface area contributed by atoms with Gasteiger partial charge in [0.2, 0.25) is 5.91 Å². The maximum Gasteiger partial charge on any atom is 0.286 e. The molecule has 20 heavy (non-hydrogen) atoms. The number of hydrogen-bond acceptors (Lipinski definition) is 4. The summed E-state index contributed by atoms with van der Waals surface area (Å²) < 4.78 is 4.95. The van der Waals surface area contributed by atoms with E-state index < -0.39 is 5.60 Å². The highest BCUT2D eigenvalue weighted by molar-refractivity contribution is 5.91. The van der Waals surface area contributed by atoms with Crippen molar-refractivity contribution in [2.24, 2.45) is 0 Å². The maximum absolute atomic E-state index is 11.8. The molecule has 2 N–H and O–H groups in total. The van der Waals surface area contributed by atoms with Crippen molar-refractivity contribution in [2.45, 2.75) is 31.8 Å². The predicted molar refractivity (Wildman–Crippen MR) is 72.1 cm³/mol. The molecule has 110 valence electrons. The molecule has 0 unspecified atom stereocenters. The van der Waals surface area contributed by atoms with Crippen molar-refractivity contribution < 1.29 is 19.1 Å². The van der Waals surface area contributed by atoms with Crippen LogP contribution in [0.15, 0.2) is 22.8 Å². The van der Waals surface area contributed by atoms with Crippen molar-refractivity contribution in [1.29, 1.82) is 0 Å². The van der Waals surface area contributed by atoms with Crippen molar-refractivity contribution in [3.8, 4) is 0 Å². The molecule has 0 radical (unpaired) electrons. The van der Waals surface area contributed by atoms with Gasteiger partial charge in [-0.15, -0.1) is 0 Å². The van der Waals surface area contributed by atoms with E-state index in [4.69, 9.17) is 4.42 Å². The fraction of sp³-hybridized carbons (Fsp3) is 0.571. The van der Waals surface area contributed by atoms with Crippen LogP contribution in [-0.4, -0.2) is 47.1 Å². The van der Waals surface area contributed by atoms with Gasteiger partial charge in [-0.3, -0.25) is 9.59 Å². The Morgan fingerprint density at radius 1 is 1.50 bits per heavy atom. The second-order valence-corrected chi connectivity index (χ2v) is 5.21. The van der Waals surface area contributed by atoms with Crippen LogP contribution < -0.4 is 5.32 Å². The van der Waals surface area contributed by atoms with Crippen molar-refractivity contribution in [3.63, 3.8) is 0 Å². The van der Waals surface area contributed by atoms with Gasteiger partial charge >= 0.3 is 0 Å². The van der Waals surface area contributed by atoms with E-state index in [9.17, 15) is 14.7 Å². The predicted octanol–water partition coefficient (Wildman–Crippen LogP) is 0.773. The fourth-order valence-electron chi connectivity index (χ4n) is 2.40. The largest absolute Gasteiger partial charge is 0.459 e. The monoisotopic (exact) mass is 280 g/mol. The van der Waals surface area contributed by atoms with Gasteiger partial charge in [0.15, 0.2) is 5.76 Å². The lowest BCUT2D eigenvalue weighted by Crippen LogP contribution is -2.63. The molecule has 2 rings (SSSR count). The zero-order chi connectivity index (χ0) is 14.6. The van der Waals surface area contributed by atoms with E-state index in [-0.39, 0.29) is 30.5 Å². The number of hydrogen-bond donors (Lipinski definition) is 2. The first kappa shape index (κ1) is 14.6. The fourth-order valence-corrected chi connectivity index (χ4v) is 2.40. The first-order chi connectivity index (χ1) is 9.54. The molecule has 0 bridgehead atoms. The Morgan fingerprint density at radius 3 is 2.85 bits per heavy atom. The second kappa shape index (κ2) is 6.09. The first-order valence-corrected chi connectivity index (χ1v) is 6.86. The van der Waals surface area contributed by atoms with Crippen LogP contribution in [0.2, 0.25) is 0 Å². The van der Waals surface area contributed by atoms with Crippen molar-refractivity contribution >= 4 is 11.8 Å². The van der Waals surface area contributed by atoms with Crippen LogP contribution in [-0.2, 0) is 4.79 Å². The highest BCUT2D eigenvalue weighted by atomic mass is 16.3. The molecule has 2 amide bonds. The van der Waals surface area contributed by atoms with Gasteiger partial charge in [0.25, 0.3) is 5.91 Å². The number of nitrogens with zero attached hydrogens (tertiary/aromatic N) is 1. The van der Waals surface area contributed by atoms with Crippen molar-refractivity contribution in [3.05, 3.63) is 24.2 Å². The van der Waals surface area contributed by atoms with Crippen LogP contribution in [0.4, 0.5) is 0 Å². The molecule has 1 aromatic heterocycles. The SMILES string of the molecule is CCCC1(O)CN(C(=O)CCNC(=O)c2ccco2)C1. The quantitative estimate of drug-likeness (QED) is 0.806. The molecule has 6 nitrogen and oxygen atoms in total. The van der Waals surface area contributed by atoms with Crippen molar-refractivity contribution in [1.82, 2.24) is 10.2 Å². The summed E-state index contributed by atoms with van der Waals surface area (Å²) in [5, 5.41) is 12.6. The lowest BCUT2D eigenvalue weighted by atomic mass is 9.89. The van der Waals surface area contributed by atoms with Crippen LogP contribution in [0.3, 0.4) is 0 Å². The van der Waals surface area contributed by atoms with Gasteiger partial charge < -0.3 is 19.7 Å². The standard InChI is InChI=1S/C14H20N2O4/c1-2-6-14(19)9-16(10-14)12(17)5-7-15-13(18)11-4-3-8-20-11/h3-4,8,19H,2,5-7,9-10H2,1H3,(H,15,18). The van der Waals surface area contributed by atoms with E-state index >= 15 is 0 Å². The van der Waals surface area contributed by atoms with Gasteiger partial charge in [-0.1, -0.05) is 13.3 Å². The third kappa shape index (κ3) is 3.39. The lowest BCUT2D eigenvalue weighted by Gasteiger charge is -2.46. The number of rotatable bonds is 6. The molecular weight excluding hydrogens is 260 g/mol. The maximum atomic E-state index is 11.8. The molecule has 1 saturated heterocycles. The second-order valence-electron chi connectivity index (χ2n) is 5.21. The Morgan fingerprint density at radius 2 is 2.25 bits per heavy atom. The lowest BCUT2D eigenvalue weighted by molar-refractivity contribution is -0.156. The third-order valence-electron chi connectivity index (χ3n) is 3.41. The number of carbonyl (C=O) groups is 2. The molecule has 1 aromatic rings. The molecule has 2 heterocycles. The minimum Gasteiger partial charge on any atom is -0.459 e. The Bertz CT molecular complexity index is 464. The smallest absolute Gasteiger partial charge is 0.286 e. The van der Waals surface area contributed by atoms with Gasteiger partial charge in [0, 0.05) is 13.0 Å². The summed E-state index contributed by atoms with van der Waals surface area (Å²) in [5.74, 6) is -0.141.